The van der Waals surface area contributed by atoms with Gasteiger partial charge in [-0.05, 0) is 37.0 Å². The van der Waals surface area contributed by atoms with Crippen LogP contribution in [0.1, 0.15) is 37.2 Å². The molecule has 1 aliphatic rings. The number of benzene rings is 1. The van der Waals surface area contributed by atoms with Gasteiger partial charge in [0.15, 0.2) is 5.78 Å². The Labute approximate surface area is 119 Å². The van der Waals surface area contributed by atoms with E-state index in [4.69, 9.17) is 9.47 Å². The van der Waals surface area contributed by atoms with E-state index in [1.54, 1.807) is 38.5 Å². The van der Waals surface area contributed by atoms with Gasteiger partial charge in [0.25, 0.3) is 0 Å². The van der Waals surface area contributed by atoms with Crippen LogP contribution in [0.3, 0.4) is 0 Å². The Hall–Kier alpha value is -1.86. The highest BCUT2D eigenvalue weighted by Crippen LogP contribution is 2.39. The smallest absolute Gasteiger partial charge is 0.157 e. The number of Topliss-reactive ketones (excluding diaryl/α,β-unsaturated/α-hetero) is 1. The molecule has 1 atom stereocenters. The highest BCUT2D eigenvalue weighted by molar-refractivity contribution is 5.89. The molecule has 0 amide bonds. The lowest BCUT2D eigenvalue weighted by molar-refractivity contribution is -0.132. The summed E-state index contributed by atoms with van der Waals surface area (Å²) in [5.41, 5.74) is 0.341. The van der Waals surface area contributed by atoms with E-state index in [-0.39, 0.29) is 11.4 Å². The Bertz CT molecular complexity index is 523. The van der Waals surface area contributed by atoms with Crippen molar-refractivity contribution in [1.29, 1.82) is 5.26 Å². The number of nitriles is 1. The number of carbonyl (C=O) groups is 1. The minimum absolute atomic E-state index is 0.0812. The normalized spacial score (nSPS) is 17.6. The Kier molecular flexibility index (Phi) is 4.41. The maximum Gasteiger partial charge on any atom is 0.157 e. The van der Waals surface area contributed by atoms with Crippen LogP contribution >= 0.6 is 0 Å². The van der Waals surface area contributed by atoms with Gasteiger partial charge in [0.2, 0.25) is 0 Å². The Morgan fingerprint density at radius 2 is 2.20 bits per heavy atom. The van der Waals surface area contributed by atoms with Gasteiger partial charge in [0.05, 0.1) is 18.8 Å². The summed E-state index contributed by atoms with van der Waals surface area (Å²) in [7, 11) is 3.20. The summed E-state index contributed by atoms with van der Waals surface area (Å²) in [5, 5.41) is 9.32. The summed E-state index contributed by atoms with van der Waals surface area (Å²) in [6, 6.07) is 9.22. The highest BCUT2D eigenvalue weighted by Gasteiger charge is 2.40. The molecule has 1 aromatic rings. The number of hydrogen-bond acceptors (Lipinski definition) is 4. The van der Waals surface area contributed by atoms with Gasteiger partial charge in [-0.15, -0.1) is 0 Å². The third-order valence-electron chi connectivity index (χ3n) is 4.07. The molecule has 0 spiro atoms. The topological polar surface area (TPSA) is 59.3 Å². The molecule has 1 fully saturated rings. The first-order valence-corrected chi connectivity index (χ1v) is 6.75. The first-order chi connectivity index (χ1) is 9.64. The van der Waals surface area contributed by atoms with E-state index in [2.05, 4.69) is 6.07 Å². The second-order valence-corrected chi connectivity index (χ2v) is 5.22. The zero-order valence-corrected chi connectivity index (χ0v) is 11.9. The summed E-state index contributed by atoms with van der Waals surface area (Å²) in [4.78, 5) is 12.4. The summed E-state index contributed by atoms with van der Waals surface area (Å²) >= 11 is 0. The maximum atomic E-state index is 12.4. The van der Waals surface area contributed by atoms with Gasteiger partial charge in [-0.25, -0.2) is 0 Å². The van der Waals surface area contributed by atoms with E-state index in [1.165, 1.54) is 0 Å². The minimum atomic E-state index is -0.752. The van der Waals surface area contributed by atoms with Crippen LogP contribution in [-0.4, -0.2) is 25.6 Å². The fourth-order valence-electron chi connectivity index (χ4n) is 2.60. The van der Waals surface area contributed by atoms with Crippen LogP contribution in [0.5, 0.6) is 5.75 Å². The predicted molar refractivity (Wildman–Crippen MR) is 74.6 cm³/mol. The van der Waals surface area contributed by atoms with E-state index in [1.807, 2.05) is 0 Å². The van der Waals surface area contributed by atoms with Gasteiger partial charge in [0.1, 0.15) is 11.7 Å². The number of ether oxygens (including phenoxy) is 2. The highest BCUT2D eigenvalue weighted by atomic mass is 16.5. The number of rotatable bonds is 6. The first-order valence-electron chi connectivity index (χ1n) is 6.75. The molecule has 0 radical (unpaired) electrons. The standard InChI is InChI=1S/C16H19NO3/c1-19-13-6-3-5-12(9-13)14(11-17)15(18)10-16(20-2)7-4-8-16/h3,5-6,9,14H,4,7-8,10H2,1-2H3. The summed E-state index contributed by atoms with van der Waals surface area (Å²) in [6.07, 6.45) is 3.17. The molecule has 20 heavy (non-hydrogen) atoms. The Morgan fingerprint density at radius 1 is 1.45 bits per heavy atom. The van der Waals surface area contributed by atoms with Crippen LogP contribution in [0.25, 0.3) is 0 Å². The van der Waals surface area contributed by atoms with Gasteiger partial charge < -0.3 is 9.47 Å². The molecule has 1 saturated carbocycles. The molecule has 0 saturated heterocycles. The molecule has 0 heterocycles. The fourth-order valence-corrected chi connectivity index (χ4v) is 2.60. The third-order valence-corrected chi connectivity index (χ3v) is 4.07. The van der Waals surface area contributed by atoms with Crippen molar-refractivity contribution in [2.45, 2.75) is 37.2 Å². The van der Waals surface area contributed by atoms with Gasteiger partial charge in [-0.3, -0.25) is 4.79 Å². The van der Waals surface area contributed by atoms with Crippen molar-refractivity contribution in [3.8, 4) is 11.8 Å². The van der Waals surface area contributed by atoms with Gasteiger partial charge >= 0.3 is 0 Å². The molecule has 0 bridgehead atoms. The van der Waals surface area contributed by atoms with Gasteiger partial charge in [-0.2, -0.15) is 5.26 Å². The Morgan fingerprint density at radius 3 is 2.70 bits per heavy atom. The first kappa shape index (κ1) is 14.5. The number of hydrogen-bond donors (Lipinski definition) is 0. The second kappa shape index (κ2) is 6.06. The quantitative estimate of drug-likeness (QED) is 0.799. The number of carbonyl (C=O) groups excluding carboxylic acids is 1. The molecule has 0 N–H and O–H groups in total. The van der Waals surface area contributed by atoms with Crippen molar-refractivity contribution in [3.05, 3.63) is 29.8 Å². The fraction of sp³-hybridized carbons (Fsp3) is 0.500. The molecule has 106 valence electrons. The number of nitrogens with zero attached hydrogens (tertiary/aromatic N) is 1. The van der Waals surface area contributed by atoms with Crippen molar-refractivity contribution >= 4 is 5.78 Å². The van der Waals surface area contributed by atoms with E-state index in [9.17, 15) is 10.1 Å². The summed E-state index contributed by atoms with van der Waals surface area (Å²) in [6.45, 7) is 0. The summed E-state index contributed by atoms with van der Waals surface area (Å²) < 4.78 is 10.6. The minimum Gasteiger partial charge on any atom is -0.497 e. The van der Waals surface area contributed by atoms with Crippen LogP contribution in [0.2, 0.25) is 0 Å². The molecule has 4 heteroatoms. The monoisotopic (exact) mass is 273 g/mol. The summed E-state index contributed by atoms with van der Waals surface area (Å²) in [5.74, 6) is -0.180. The van der Waals surface area contributed by atoms with E-state index < -0.39 is 5.92 Å². The molecule has 1 aliphatic carbocycles. The lowest BCUT2D eigenvalue weighted by Crippen LogP contribution is -2.42. The SMILES string of the molecule is COc1cccc(C(C#N)C(=O)CC2(OC)CCC2)c1. The largest absolute Gasteiger partial charge is 0.497 e. The number of methoxy groups -OCH3 is 2. The zero-order valence-electron chi connectivity index (χ0n) is 11.9. The van der Waals surface area contributed by atoms with E-state index in [0.717, 1.165) is 19.3 Å². The number of ketones is 1. The Balaban J connectivity index is 2.15. The van der Waals surface area contributed by atoms with Crippen LogP contribution in [0.15, 0.2) is 24.3 Å². The third kappa shape index (κ3) is 2.83. The molecule has 4 nitrogen and oxygen atoms in total. The van der Waals surface area contributed by atoms with Crippen molar-refractivity contribution in [1.82, 2.24) is 0 Å². The molecule has 0 aromatic heterocycles. The average Bonchev–Trinajstić information content (AvgIpc) is 2.44. The molecular weight excluding hydrogens is 254 g/mol. The van der Waals surface area contributed by atoms with E-state index in [0.29, 0.717) is 17.7 Å². The van der Waals surface area contributed by atoms with Crippen molar-refractivity contribution in [3.63, 3.8) is 0 Å². The van der Waals surface area contributed by atoms with Crippen molar-refractivity contribution in [2.24, 2.45) is 0 Å². The molecule has 1 aromatic carbocycles. The van der Waals surface area contributed by atoms with Crippen molar-refractivity contribution < 1.29 is 14.3 Å². The lowest BCUT2D eigenvalue weighted by atomic mass is 9.74. The van der Waals surface area contributed by atoms with Gasteiger partial charge in [-0.1, -0.05) is 12.1 Å². The molecule has 1 unspecified atom stereocenters. The van der Waals surface area contributed by atoms with Crippen LogP contribution < -0.4 is 4.74 Å². The molecule has 0 aliphatic heterocycles. The zero-order chi connectivity index (χ0) is 14.6. The lowest BCUT2D eigenvalue weighted by Gasteiger charge is -2.40. The van der Waals surface area contributed by atoms with Gasteiger partial charge in [0, 0.05) is 13.5 Å². The average molecular weight is 273 g/mol. The van der Waals surface area contributed by atoms with Crippen LogP contribution in [0, 0.1) is 11.3 Å². The van der Waals surface area contributed by atoms with E-state index >= 15 is 0 Å². The van der Waals surface area contributed by atoms with Crippen molar-refractivity contribution in [2.75, 3.05) is 14.2 Å². The maximum absolute atomic E-state index is 12.4. The predicted octanol–water partition coefficient (Wildman–Crippen LogP) is 2.83. The van der Waals surface area contributed by atoms with Crippen LogP contribution in [-0.2, 0) is 9.53 Å². The molecular formula is C16H19NO3. The molecule has 2 rings (SSSR count). The van der Waals surface area contributed by atoms with Crippen LogP contribution in [0.4, 0.5) is 0 Å². The second-order valence-electron chi connectivity index (χ2n) is 5.22.